The van der Waals surface area contributed by atoms with Crippen molar-refractivity contribution in [3.63, 3.8) is 0 Å². The first-order valence-corrected chi connectivity index (χ1v) is 11.4. The summed E-state index contributed by atoms with van der Waals surface area (Å²) in [5, 5.41) is 0. The largest absolute Gasteiger partial charge is 0.353 e. The molecule has 7 nitrogen and oxygen atoms in total. The summed E-state index contributed by atoms with van der Waals surface area (Å²) in [5.41, 5.74) is 0.872. The van der Waals surface area contributed by atoms with Crippen molar-refractivity contribution in [2.24, 2.45) is 0 Å². The first-order valence-electron chi connectivity index (χ1n) is 10.2. The fraction of sp³-hybridized carbons (Fsp3) is 0.429. The molecule has 30 heavy (non-hydrogen) atoms. The molecule has 2 aromatic heterocycles. The van der Waals surface area contributed by atoms with Crippen LogP contribution >= 0.6 is 24.0 Å². The fourth-order valence-electron chi connectivity index (χ4n) is 3.62. The average Bonchev–Trinajstić information content (AvgIpc) is 3.01. The molecule has 0 saturated carbocycles. The predicted molar refractivity (Wildman–Crippen MR) is 126 cm³/mol. The van der Waals surface area contributed by atoms with Gasteiger partial charge in [-0.15, -0.1) is 0 Å². The average molecular weight is 444 g/mol. The van der Waals surface area contributed by atoms with Crippen LogP contribution in [0.3, 0.4) is 0 Å². The standard InChI is InChI=1S/C21H25N5O2S2/c1-3-4-8-26-20(28)16(30-21(26)29)14-15-18(24-12-10-23(2)11-13-24)22-17-7-5-6-9-25(17)19(15)27/h5-7,9,14H,3-4,8,10-13H2,1-2H3/b16-14-. The topological polar surface area (TPSA) is 61.2 Å². The van der Waals surface area contributed by atoms with E-state index < -0.39 is 0 Å². The van der Waals surface area contributed by atoms with E-state index in [0.29, 0.717) is 32.8 Å². The highest BCUT2D eigenvalue weighted by atomic mass is 32.2. The van der Waals surface area contributed by atoms with Crippen LogP contribution < -0.4 is 10.5 Å². The second-order valence-corrected chi connectivity index (χ2v) is 9.24. The monoisotopic (exact) mass is 443 g/mol. The van der Waals surface area contributed by atoms with Crippen LogP contribution in [-0.2, 0) is 4.79 Å². The number of carbonyl (C=O) groups excluding carboxylic acids is 1. The highest BCUT2D eigenvalue weighted by Gasteiger charge is 2.32. The minimum atomic E-state index is -0.173. The summed E-state index contributed by atoms with van der Waals surface area (Å²) in [7, 11) is 2.09. The predicted octanol–water partition coefficient (Wildman–Crippen LogP) is 2.45. The number of thioether (sulfide) groups is 1. The smallest absolute Gasteiger partial charge is 0.267 e. The number of hydrogen-bond donors (Lipinski definition) is 0. The van der Waals surface area contributed by atoms with Gasteiger partial charge in [0.1, 0.15) is 15.8 Å². The summed E-state index contributed by atoms with van der Waals surface area (Å²) >= 11 is 6.68. The minimum Gasteiger partial charge on any atom is -0.353 e. The van der Waals surface area contributed by atoms with Crippen molar-refractivity contribution in [3.05, 3.63) is 45.2 Å². The summed E-state index contributed by atoms with van der Waals surface area (Å²) in [5.74, 6) is 0.512. The van der Waals surface area contributed by atoms with Crippen molar-refractivity contribution in [2.75, 3.05) is 44.7 Å². The molecule has 1 amide bonds. The Bertz CT molecular complexity index is 1070. The van der Waals surface area contributed by atoms with E-state index in [1.807, 2.05) is 12.1 Å². The Morgan fingerprint density at radius 2 is 1.97 bits per heavy atom. The van der Waals surface area contributed by atoms with E-state index >= 15 is 0 Å². The van der Waals surface area contributed by atoms with E-state index in [2.05, 4.69) is 23.8 Å². The van der Waals surface area contributed by atoms with E-state index in [4.69, 9.17) is 17.2 Å². The highest BCUT2D eigenvalue weighted by Crippen LogP contribution is 2.33. The molecule has 0 unspecified atom stereocenters. The number of carbonyl (C=O) groups is 1. The van der Waals surface area contributed by atoms with Crippen molar-refractivity contribution >= 4 is 51.7 Å². The molecule has 0 aliphatic carbocycles. The Morgan fingerprint density at radius 1 is 1.20 bits per heavy atom. The van der Waals surface area contributed by atoms with Gasteiger partial charge in [-0.3, -0.25) is 18.9 Å². The Labute approximate surface area is 185 Å². The van der Waals surface area contributed by atoms with Crippen molar-refractivity contribution in [1.29, 1.82) is 0 Å². The second-order valence-electron chi connectivity index (χ2n) is 7.56. The SMILES string of the molecule is CCCCN1C(=O)/C(=C/c2c(N3CCN(C)CC3)nc3ccccn3c2=O)SC1=S. The molecule has 4 rings (SSSR count). The summed E-state index contributed by atoms with van der Waals surface area (Å²) in [4.78, 5) is 37.6. The zero-order valence-electron chi connectivity index (χ0n) is 17.2. The van der Waals surface area contributed by atoms with E-state index in [1.165, 1.54) is 16.2 Å². The molecule has 0 spiro atoms. The number of rotatable bonds is 5. The quantitative estimate of drug-likeness (QED) is 0.520. The number of nitrogens with zero attached hydrogens (tertiary/aromatic N) is 5. The highest BCUT2D eigenvalue weighted by molar-refractivity contribution is 8.26. The number of hydrogen-bond acceptors (Lipinski definition) is 7. The number of likely N-dealkylation sites (N-methyl/N-ethyl adjacent to an activating group) is 1. The van der Waals surface area contributed by atoms with Gasteiger partial charge in [-0.25, -0.2) is 4.98 Å². The van der Waals surface area contributed by atoms with E-state index in [-0.39, 0.29) is 11.5 Å². The third-order valence-corrected chi connectivity index (χ3v) is 6.81. The Kier molecular flexibility index (Phi) is 6.21. The third kappa shape index (κ3) is 4.01. The molecular weight excluding hydrogens is 418 g/mol. The molecule has 9 heteroatoms. The zero-order valence-corrected chi connectivity index (χ0v) is 18.8. The van der Waals surface area contributed by atoms with Crippen molar-refractivity contribution in [3.8, 4) is 0 Å². The number of aromatic nitrogens is 2. The molecule has 2 aromatic rings. The lowest BCUT2D eigenvalue weighted by atomic mass is 10.2. The lowest BCUT2D eigenvalue weighted by Gasteiger charge is -2.34. The van der Waals surface area contributed by atoms with Gasteiger partial charge >= 0.3 is 0 Å². The molecule has 0 bridgehead atoms. The number of thiocarbonyl (C=S) groups is 1. The van der Waals surface area contributed by atoms with Gasteiger partial charge in [-0.2, -0.15) is 0 Å². The van der Waals surface area contributed by atoms with E-state index in [0.717, 1.165) is 39.0 Å². The Morgan fingerprint density at radius 3 is 2.70 bits per heavy atom. The maximum atomic E-state index is 13.4. The summed E-state index contributed by atoms with van der Waals surface area (Å²) in [6.45, 7) is 6.05. The first-order chi connectivity index (χ1) is 14.5. The summed E-state index contributed by atoms with van der Waals surface area (Å²) in [6, 6.07) is 5.50. The second kappa shape index (κ2) is 8.87. The molecule has 2 aliphatic heterocycles. The van der Waals surface area contributed by atoms with Gasteiger partial charge in [-0.05, 0) is 31.7 Å². The lowest BCUT2D eigenvalue weighted by Crippen LogP contribution is -2.45. The molecule has 2 fully saturated rings. The number of piperazine rings is 1. The number of anilines is 1. The van der Waals surface area contributed by atoms with Crippen LogP contribution in [0, 0.1) is 0 Å². The number of fused-ring (bicyclic) bond motifs is 1. The zero-order chi connectivity index (χ0) is 21.3. The maximum Gasteiger partial charge on any atom is 0.267 e. The lowest BCUT2D eigenvalue weighted by molar-refractivity contribution is -0.122. The van der Waals surface area contributed by atoms with E-state index in [1.54, 1.807) is 23.2 Å². The van der Waals surface area contributed by atoms with Crippen LogP contribution in [-0.4, -0.2) is 69.2 Å². The van der Waals surface area contributed by atoms with E-state index in [9.17, 15) is 9.59 Å². The molecule has 158 valence electrons. The van der Waals surface area contributed by atoms with Crippen molar-refractivity contribution < 1.29 is 4.79 Å². The first kappa shape index (κ1) is 21.0. The van der Waals surface area contributed by atoms with Gasteiger partial charge in [0.05, 0.1) is 10.5 Å². The molecular formula is C21H25N5O2S2. The molecule has 0 atom stereocenters. The minimum absolute atomic E-state index is 0.125. The van der Waals surface area contributed by atoms with Crippen LogP contribution in [0.15, 0.2) is 34.1 Å². The maximum absolute atomic E-state index is 13.4. The van der Waals surface area contributed by atoms with Crippen LogP contribution in [0.1, 0.15) is 25.3 Å². The Hall–Kier alpha value is -2.23. The molecule has 4 heterocycles. The molecule has 2 saturated heterocycles. The van der Waals surface area contributed by atoms with Crippen molar-refractivity contribution in [2.45, 2.75) is 19.8 Å². The van der Waals surface area contributed by atoms with Crippen LogP contribution in [0.25, 0.3) is 11.7 Å². The van der Waals surface area contributed by atoms with Gasteiger partial charge < -0.3 is 9.80 Å². The number of amides is 1. The van der Waals surface area contributed by atoms with Gasteiger partial charge in [-0.1, -0.05) is 43.4 Å². The summed E-state index contributed by atoms with van der Waals surface area (Å²) < 4.78 is 2.08. The van der Waals surface area contributed by atoms with Crippen molar-refractivity contribution in [1.82, 2.24) is 19.2 Å². The van der Waals surface area contributed by atoms with Gasteiger partial charge in [0.25, 0.3) is 11.5 Å². The normalized spacial score (nSPS) is 19.5. The van der Waals surface area contributed by atoms with Gasteiger partial charge in [0.15, 0.2) is 0 Å². The molecule has 0 aromatic carbocycles. The van der Waals surface area contributed by atoms with Gasteiger partial charge in [0.2, 0.25) is 0 Å². The number of unbranched alkanes of at least 4 members (excludes halogenated alkanes) is 1. The Balaban J connectivity index is 1.79. The fourth-order valence-corrected chi connectivity index (χ4v) is 4.91. The van der Waals surface area contributed by atoms with Gasteiger partial charge in [0, 0.05) is 38.9 Å². The number of pyridine rings is 1. The summed E-state index contributed by atoms with van der Waals surface area (Å²) in [6.07, 6.45) is 5.28. The van der Waals surface area contributed by atoms with Crippen LogP contribution in [0.2, 0.25) is 0 Å². The van der Waals surface area contributed by atoms with Crippen LogP contribution in [0.5, 0.6) is 0 Å². The third-order valence-electron chi connectivity index (χ3n) is 5.44. The molecule has 0 radical (unpaired) electrons. The molecule has 2 aliphatic rings. The van der Waals surface area contributed by atoms with Crippen LogP contribution in [0.4, 0.5) is 5.82 Å². The molecule has 0 N–H and O–H groups in total.